The van der Waals surface area contributed by atoms with Gasteiger partial charge in [-0.1, -0.05) is 78.3 Å². The number of hydrogen-bond donors (Lipinski definition) is 1. The van der Waals surface area contributed by atoms with Crippen LogP contribution in [0.1, 0.15) is 5.56 Å². The highest BCUT2D eigenvalue weighted by Gasteiger charge is 2.19. The first-order chi connectivity index (χ1) is 14.7. The maximum atomic E-state index is 6.57. The summed E-state index contributed by atoms with van der Waals surface area (Å²) in [6, 6.07) is 32.6. The van der Waals surface area contributed by atoms with E-state index in [2.05, 4.69) is 47.0 Å². The van der Waals surface area contributed by atoms with E-state index in [-0.39, 0.29) is 0 Å². The minimum absolute atomic E-state index is 0.675. The number of aryl methyl sites for hydroxylation is 1. The largest absolute Gasteiger partial charge is 0.339 e. The summed E-state index contributed by atoms with van der Waals surface area (Å²) in [5, 5.41) is 4.27. The molecule has 5 aromatic rings. The van der Waals surface area contributed by atoms with Crippen LogP contribution in [0.15, 0.2) is 97.1 Å². The summed E-state index contributed by atoms with van der Waals surface area (Å²) in [6.45, 7) is 2.13. The minimum Gasteiger partial charge on any atom is -0.339 e. The van der Waals surface area contributed by atoms with Gasteiger partial charge in [-0.2, -0.15) is 0 Å². The van der Waals surface area contributed by atoms with Crippen molar-refractivity contribution < 1.29 is 0 Å². The SMILES string of the molecule is Cc1ccccc1-c1cccc2nc(-c3ccccc3Cl)c(Nc3ccccc3)n12. The number of benzene rings is 3. The molecule has 0 aliphatic carbocycles. The minimum atomic E-state index is 0.675. The molecule has 0 fully saturated rings. The Morgan fingerprint density at radius 2 is 1.43 bits per heavy atom. The van der Waals surface area contributed by atoms with E-state index in [0.29, 0.717) is 5.02 Å². The Morgan fingerprint density at radius 1 is 0.733 bits per heavy atom. The molecular weight excluding hydrogens is 390 g/mol. The van der Waals surface area contributed by atoms with Crippen LogP contribution in [-0.2, 0) is 0 Å². The van der Waals surface area contributed by atoms with Gasteiger partial charge in [0.1, 0.15) is 17.2 Å². The van der Waals surface area contributed by atoms with Gasteiger partial charge in [-0.25, -0.2) is 4.98 Å². The molecule has 0 aliphatic heterocycles. The molecule has 30 heavy (non-hydrogen) atoms. The van der Waals surface area contributed by atoms with E-state index in [9.17, 15) is 0 Å². The smallest absolute Gasteiger partial charge is 0.143 e. The zero-order valence-electron chi connectivity index (χ0n) is 16.5. The van der Waals surface area contributed by atoms with Crippen molar-refractivity contribution in [3.8, 4) is 22.5 Å². The normalized spacial score (nSPS) is 11.0. The molecule has 1 N–H and O–H groups in total. The second kappa shape index (κ2) is 7.69. The quantitative estimate of drug-likeness (QED) is 0.335. The third-order valence-electron chi connectivity index (χ3n) is 5.23. The molecule has 2 heterocycles. The summed E-state index contributed by atoms with van der Waals surface area (Å²) in [5.41, 5.74) is 7.04. The summed E-state index contributed by atoms with van der Waals surface area (Å²) in [5.74, 6) is 0.892. The van der Waals surface area contributed by atoms with E-state index >= 15 is 0 Å². The highest BCUT2D eigenvalue weighted by Crippen LogP contribution is 2.37. The van der Waals surface area contributed by atoms with Gasteiger partial charge in [0.15, 0.2) is 0 Å². The fourth-order valence-corrected chi connectivity index (χ4v) is 4.00. The first-order valence-electron chi connectivity index (χ1n) is 9.87. The number of nitrogens with one attached hydrogen (secondary N) is 1. The van der Waals surface area contributed by atoms with Gasteiger partial charge in [-0.3, -0.25) is 4.40 Å². The van der Waals surface area contributed by atoms with Crippen LogP contribution in [0.25, 0.3) is 28.2 Å². The summed E-state index contributed by atoms with van der Waals surface area (Å²) in [6.07, 6.45) is 0. The zero-order valence-corrected chi connectivity index (χ0v) is 17.3. The number of nitrogens with zero attached hydrogens (tertiary/aromatic N) is 2. The number of anilines is 2. The summed E-state index contributed by atoms with van der Waals surface area (Å²) < 4.78 is 2.17. The van der Waals surface area contributed by atoms with Crippen molar-refractivity contribution in [2.75, 3.05) is 5.32 Å². The van der Waals surface area contributed by atoms with Crippen molar-refractivity contribution in [1.29, 1.82) is 0 Å². The first-order valence-corrected chi connectivity index (χ1v) is 10.2. The van der Waals surface area contributed by atoms with Crippen LogP contribution in [0.4, 0.5) is 11.5 Å². The van der Waals surface area contributed by atoms with E-state index in [4.69, 9.17) is 16.6 Å². The monoisotopic (exact) mass is 409 g/mol. The van der Waals surface area contributed by atoms with Crippen LogP contribution in [-0.4, -0.2) is 9.38 Å². The van der Waals surface area contributed by atoms with E-state index in [1.54, 1.807) is 0 Å². The highest BCUT2D eigenvalue weighted by molar-refractivity contribution is 6.33. The van der Waals surface area contributed by atoms with Gasteiger partial charge in [-0.05, 0) is 42.8 Å². The molecule has 0 unspecified atom stereocenters. The Kier molecular flexibility index (Phi) is 4.74. The number of halogens is 1. The molecule has 2 aromatic heterocycles. The first kappa shape index (κ1) is 18.5. The lowest BCUT2D eigenvalue weighted by Crippen LogP contribution is -2.00. The summed E-state index contributed by atoms with van der Waals surface area (Å²) in [7, 11) is 0. The predicted molar refractivity (Wildman–Crippen MR) is 126 cm³/mol. The number of fused-ring (bicyclic) bond motifs is 1. The number of rotatable bonds is 4. The van der Waals surface area contributed by atoms with E-state index in [1.807, 2.05) is 66.7 Å². The number of imidazole rings is 1. The van der Waals surface area contributed by atoms with Crippen LogP contribution in [0.3, 0.4) is 0 Å². The van der Waals surface area contributed by atoms with Crippen molar-refractivity contribution in [3.05, 3.63) is 108 Å². The van der Waals surface area contributed by atoms with Gasteiger partial charge < -0.3 is 5.32 Å². The van der Waals surface area contributed by atoms with Gasteiger partial charge in [0.2, 0.25) is 0 Å². The average molecular weight is 410 g/mol. The number of para-hydroxylation sites is 1. The lowest BCUT2D eigenvalue weighted by molar-refractivity contribution is 1.18. The van der Waals surface area contributed by atoms with E-state index < -0.39 is 0 Å². The molecule has 3 aromatic carbocycles. The summed E-state index contributed by atoms with van der Waals surface area (Å²) >= 11 is 6.57. The van der Waals surface area contributed by atoms with E-state index in [0.717, 1.165) is 34.1 Å². The van der Waals surface area contributed by atoms with Crippen LogP contribution < -0.4 is 5.32 Å². The van der Waals surface area contributed by atoms with E-state index in [1.165, 1.54) is 11.1 Å². The molecule has 0 aliphatic rings. The topological polar surface area (TPSA) is 29.3 Å². The second-order valence-corrected chi connectivity index (χ2v) is 7.61. The molecule has 3 nitrogen and oxygen atoms in total. The Bertz CT molecular complexity index is 1340. The van der Waals surface area contributed by atoms with Crippen molar-refractivity contribution in [3.63, 3.8) is 0 Å². The molecular formula is C26H20ClN3. The highest BCUT2D eigenvalue weighted by atomic mass is 35.5. The van der Waals surface area contributed by atoms with Gasteiger partial charge in [-0.15, -0.1) is 0 Å². The third-order valence-corrected chi connectivity index (χ3v) is 5.56. The number of pyridine rings is 1. The Balaban J connectivity index is 1.83. The van der Waals surface area contributed by atoms with Crippen molar-refractivity contribution in [1.82, 2.24) is 9.38 Å². The Labute approximate surface area is 180 Å². The molecule has 0 saturated heterocycles. The molecule has 0 spiro atoms. The van der Waals surface area contributed by atoms with Gasteiger partial charge in [0.25, 0.3) is 0 Å². The lowest BCUT2D eigenvalue weighted by Gasteiger charge is -2.14. The molecule has 4 heteroatoms. The summed E-state index contributed by atoms with van der Waals surface area (Å²) in [4.78, 5) is 4.97. The molecule has 0 amide bonds. The van der Waals surface area contributed by atoms with Gasteiger partial charge in [0, 0.05) is 16.8 Å². The fraction of sp³-hybridized carbons (Fsp3) is 0.0385. The van der Waals surface area contributed by atoms with Crippen molar-refractivity contribution in [2.45, 2.75) is 6.92 Å². The molecule has 0 bridgehead atoms. The Morgan fingerprint density at radius 3 is 2.20 bits per heavy atom. The average Bonchev–Trinajstić information content (AvgIpc) is 3.13. The van der Waals surface area contributed by atoms with Crippen LogP contribution >= 0.6 is 11.6 Å². The maximum absolute atomic E-state index is 6.57. The Hall–Kier alpha value is -3.56. The molecule has 5 rings (SSSR count). The lowest BCUT2D eigenvalue weighted by atomic mass is 10.1. The zero-order chi connectivity index (χ0) is 20.5. The van der Waals surface area contributed by atoms with Crippen molar-refractivity contribution in [2.24, 2.45) is 0 Å². The van der Waals surface area contributed by atoms with Gasteiger partial charge in [0.05, 0.1) is 10.7 Å². The predicted octanol–water partition coefficient (Wildman–Crippen LogP) is 7.37. The molecule has 146 valence electrons. The number of hydrogen-bond acceptors (Lipinski definition) is 2. The molecule has 0 saturated carbocycles. The molecule has 0 atom stereocenters. The molecule has 0 radical (unpaired) electrons. The van der Waals surface area contributed by atoms with Crippen LogP contribution in [0, 0.1) is 6.92 Å². The van der Waals surface area contributed by atoms with Gasteiger partial charge >= 0.3 is 0 Å². The standard InChI is InChI=1S/C26H20ClN3/c1-18-10-5-6-13-20(18)23-16-9-17-24-29-25(21-14-7-8-15-22(21)27)26(30(23)24)28-19-11-3-2-4-12-19/h2-17,28H,1H3. The third kappa shape index (κ3) is 3.23. The van der Waals surface area contributed by atoms with Crippen molar-refractivity contribution >= 4 is 28.8 Å². The maximum Gasteiger partial charge on any atom is 0.143 e. The second-order valence-electron chi connectivity index (χ2n) is 7.20. The fourth-order valence-electron chi connectivity index (χ4n) is 3.78. The number of aromatic nitrogens is 2. The van der Waals surface area contributed by atoms with Crippen LogP contribution in [0.2, 0.25) is 5.02 Å². The van der Waals surface area contributed by atoms with Crippen LogP contribution in [0.5, 0.6) is 0 Å².